The molecule has 2 heterocycles. The van der Waals surface area contributed by atoms with Gasteiger partial charge in [0.2, 0.25) is 5.91 Å². The number of halogens is 2. The fourth-order valence-electron chi connectivity index (χ4n) is 5.52. The molecule has 2 aromatic rings. The van der Waals surface area contributed by atoms with Gasteiger partial charge in [0.25, 0.3) is 5.91 Å². The number of piperazine rings is 1. The van der Waals surface area contributed by atoms with Gasteiger partial charge in [0.05, 0.1) is 18.8 Å². The maximum Gasteiger partial charge on any atom is 0.254 e. The summed E-state index contributed by atoms with van der Waals surface area (Å²) in [6.45, 7) is 5.19. The third-order valence-corrected chi connectivity index (χ3v) is 7.96. The number of piperidine rings is 1. The predicted octanol–water partition coefficient (Wildman–Crippen LogP) is 4.14. The van der Waals surface area contributed by atoms with Crippen LogP contribution in [-0.2, 0) is 9.63 Å². The van der Waals surface area contributed by atoms with Gasteiger partial charge in [-0.1, -0.05) is 58.7 Å². The molecule has 8 nitrogen and oxygen atoms in total. The van der Waals surface area contributed by atoms with Crippen LogP contribution in [-0.4, -0.2) is 98.2 Å². The van der Waals surface area contributed by atoms with Crippen molar-refractivity contribution in [3.63, 3.8) is 0 Å². The van der Waals surface area contributed by atoms with Gasteiger partial charge >= 0.3 is 0 Å². The Balaban J connectivity index is 1.43. The van der Waals surface area contributed by atoms with Crippen molar-refractivity contribution < 1.29 is 14.4 Å². The van der Waals surface area contributed by atoms with E-state index in [1.165, 1.54) is 7.11 Å². The van der Waals surface area contributed by atoms with Crippen LogP contribution in [0.25, 0.3) is 0 Å². The van der Waals surface area contributed by atoms with Gasteiger partial charge in [-0.3, -0.25) is 9.59 Å². The van der Waals surface area contributed by atoms with Crippen LogP contribution in [0.1, 0.15) is 41.1 Å². The molecule has 2 aliphatic heterocycles. The van der Waals surface area contributed by atoms with Crippen LogP contribution in [0, 0.1) is 0 Å². The van der Waals surface area contributed by atoms with Crippen molar-refractivity contribution in [3.05, 3.63) is 69.7 Å². The van der Waals surface area contributed by atoms with Gasteiger partial charge in [-0.2, -0.15) is 0 Å². The zero-order chi connectivity index (χ0) is 27.8. The van der Waals surface area contributed by atoms with E-state index in [1.54, 1.807) is 30.1 Å². The molecule has 2 aliphatic rings. The number of rotatable bonds is 10. The zero-order valence-electron chi connectivity index (χ0n) is 22.6. The van der Waals surface area contributed by atoms with Crippen LogP contribution >= 0.6 is 23.2 Å². The van der Waals surface area contributed by atoms with E-state index in [0.29, 0.717) is 34.7 Å². The molecular weight excluding hydrogens is 537 g/mol. The maximum atomic E-state index is 13.2. The Morgan fingerprint density at radius 2 is 1.82 bits per heavy atom. The Morgan fingerprint density at radius 1 is 1.13 bits per heavy atom. The lowest BCUT2D eigenvalue weighted by Gasteiger charge is -2.40. The minimum absolute atomic E-state index is 0.0307. The third kappa shape index (κ3) is 7.94. The fourth-order valence-corrected chi connectivity index (χ4v) is 6.04. The average Bonchev–Trinajstić information content (AvgIpc) is 2.93. The Bertz CT molecular complexity index is 1130. The molecule has 0 bridgehead atoms. The molecule has 210 valence electrons. The maximum absolute atomic E-state index is 13.2. The second kappa shape index (κ2) is 14.1. The van der Waals surface area contributed by atoms with Gasteiger partial charge in [0.15, 0.2) is 0 Å². The summed E-state index contributed by atoms with van der Waals surface area (Å²) in [5, 5.41) is 8.38. The van der Waals surface area contributed by atoms with Crippen molar-refractivity contribution in [2.24, 2.45) is 5.16 Å². The number of amides is 2. The molecule has 10 heteroatoms. The Labute approximate surface area is 240 Å². The van der Waals surface area contributed by atoms with E-state index in [0.717, 1.165) is 63.3 Å². The standard InChI is InChI=1S/C29H37Cl2N5O3/c1-34(29(38)22-16-23(30)18-24(31)17-22)20-27(33-39-2)26(21-6-4-3-5-7-21)10-14-35-12-8-25(9-13-35)36-15-11-32-19-28(36)37/h3-7,16-18,25-26,32H,8-15,19-20H2,1-2H3/b33-27+. The van der Waals surface area contributed by atoms with E-state index < -0.39 is 0 Å². The van der Waals surface area contributed by atoms with Crippen LogP contribution in [0.5, 0.6) is 0 Å². The lowest BCUT2D eigenvalue weighted by molar-refractivity contribution is -0.135. The molecule has 1 atom stereocenters. The van der Waals surface area contributed by atoms with E-state index in [-0.39, 0.29) is 17.7 Å². The van der Waals surface area contributed by atoms with Gasteiger partial charge in [0.1, 0.15) is 7.11 Å². The van der Waals surface area contributed by atoms with Crippen LogP contribution in [0.2, 0.25) is 10.0 Å². The van der Waals surface area contributed by atoms with Crippen molar-refractivity contribution >= 4 is 40.7 Å². The second-order valence-electron chi connectivity index (χ2n) is 10.2. The minimum atomic E-state index is -0.195. The Morgan fingerprint density at radius 3 is 2.46 bits per heavy atom. The summed E-state index contributed by atoms with van der Waals surface area (Å²) >= 11 is 12.3. The number of oxime groups is 1. The number of likely N-dealkylation sites (tertiary alicyclic amines) is 1. The second-order valence-corrected chi connectivity index (χ2v) is 11.0. The highest BCUT2D eigenvalue weighted by Crippen LogP contribution is 2.26. The van der Waals surface area contributed by atoms with E-state index >= 15 is 0 Å². The third-order valence-electron chi connectivity index (χ3n) is 7.53. The molecule has 2 saturated heterocycles. The van der Waals surface area contributed by atoms with Gasteiger partial charge in [-0.15, -0.1) is 0 Å². The molecule has 2 fully saturated rings. The molecule has 0 radical (unpaired) electrons. The van der Waals surface area contributed by atoms with Crippen molar-refractivity contribution in [2.45, 2.75) is 31.2 Å². The number of nitrogens with zero attached hydrogens (tertiary/aromatic N) is 4. The molecule has 0 saturated carbocycles. The first-order chi connectivity index (χ1) is 18.9. The largest absolute Gasteiger partial charge is 0.399 e. The lowest BCUT2D eigenvalue weighted by Crippen LogP contribution is -2.55. The summed E-state index contributed by atoms with van der Waals surface area (Å²) < 4.78 is 0. The molecule has 1 unspecified atom stereocenters. The van der Waals surface area contributed by atoms with Crippen molar-refractivity contribution in [1.82, 2.24) is 20.0 Å². The molecule has 0 aliphatic carbocycles. The number of carbonyl (C=O) groups excluding carboxylic acids is 2. The van der Waals surface area contributed by atoms with Gasteiger partial charge in [0, 0.05) is 60.8 Å². The highest BCUT2D eigenvalue weighted by Gasteiger charge is 2.30. The summed E-state index contributed by atoms with van der Waals surface area (Å²) in [4.78, 5) is 36.9. The minimum Gasteiger partial charge on any atom is -0.399 e. The SMILES string of the molecule is CO/N=C(\CN(C)C(=O)c1cc(Cl)cc(Cl)c1)C(CCN1CCC(N2CCNCC2=O)CC1)c1ccccc1. The number of carbonyl (C=O) groups is 2. The fraction of sp³-hybridized carbons (Fsp3) is 0.483. The molecular formula is C29H37Cl2N5O3. The first kappa shape index (κ1) is 29.3. The van der Waals surface area contributed by atoms with Crippen LogP contribution < -0.4 is 5.32 Å². The monoisotopic (exact) mass is 573 g/mol. The summed E-state index contributed by atoms with van der Waals surface area (Å²) in [6.07, 6.45) is 2.80. The van der Waals surface area contributed by atoms with E-state index in [1.807, 2.05) is 18.2 Å². The zero-order valence-corrected chi connectivity index (χ0v) is 24.1. The van der Waals surface area contributed by atoms with Crippen LogP contribution in [0.4, 0.5) is 0 Å². The van der Waals surface area contributed by atoms with Crippen molar-refractivity contribution in [3.8, 4) is 0 Å². The highest BCUT2D eigenvalue weighted by molar-refractivity contribution is 6.35. The summed E-state index contributed by atoms with van der Waals surface area (Å²) in [7, 11) is 3.27. The first-order valence-electron chi connectivity index (χ1n) is 13.4. The van der Waals surface area contributed by atoms with Crippen molar-refractivity contribution in [1.29, 1.82) is 0 Å². The quantitative estimate of drug-likeness (QED) is 0.341. The molecule has 0 aromatic heterocycles. The highest BCUT2D eigenvalue weighted by atomic mass is 35.5. The number of hydrogen-bond acceptors (Lipinski definition) is 6. The first-order valence-corrected chi connectivity index (χ1v) is 14.2. The van der Waals surface area contributed by atoms with Crippen LogP contribution in [0.3, 0.4) is 0 Å². The Hall–Kier alpha value is -2.65. The van der Waals surface area contributed by atoms with Gasteiger partial charge in [-0.05, 0) is 49.6 Å². The van der Waals surface area contributed by atoms with E-state index in [9.17, 15) is 9.59 Å². The summed E-state index contributed by atoms with van der Waals surface area (Å²) in [5.74, 6) is -0.0145. The molecule has 39 heavy (non-hydrogen) atoms. The molecule has 2 amide bonds. The van der Waals surface area contributed by atoms with Crippen LogP contribution in [0.15, 0.2) is 53.7 Å². The summed E-state index contributed by atoms with van der Waals surface area (Å²) in [6, 6.07) is 15.4. The van der Waals surface area contributed by atoms with Gasteiger partial charge < -0.3 is 24.9 Å². The number of nitrogens with one attached hydrogen (secondary N) is 1. The summed E-state index contributed by atoms with van der Waals surface area (Å²) in [5.41, 5.74) is 2.32. The molecule has 2 aromatic carbocycles. The Kier molecular flexibility index (Phi) is 10.6. The van der Waals surface area contributed by atoms with Gasteiger partial charge in [-0.25, -0.2) is 0 Å². The number of hydrogen-bond donors (Lipinski definition) is 1. The molecule has 1 N–H and O–H groups in total. The van der Waals surface area contributed by atoms with E-state index in [2.05, 4.69) is 32.4 Å². The average molecular weight is 575 g/mol. The van der Waals surface area contributed by atoms with E-state index in [4.69, 9.17) is 28.0 Å². The topological polar surface area (TPSA) is 77.5 Å². The lowest BCUT2D eigenvalue weighted by atomic mass is 9.89. The van der Waals surface area contributed by atoms with Crippen molar-refractivity contribution in [2.75, 3.05) is 60.0 Å². The molecule has 4 rings (SSSR count). The predicted molar refractivity (Wildman–Crippen MR) is 156 cm³/mol. The normalized spacial score (nSPS) is 18.2. The molecule has 0 spiro atoms. The number of benzene rings is 2. The smallest absolute Gasteiger partial charge is 0.254 e.